The summed E-state index contributed by atoms with van der Waals surface area (Å²) in [5.74, 6) is -1.76. The summed E-state index contributed by atoms with van der Waals surface area (Å²) in [6.07, 6.45) is 31.9. The first-order valence-electron chi connectivity index (χ1n) is 24.3. The number of likely N-dealkylation sites (N-methyl/N-ethyl adjacent to an activating group) is 1. The molecule has 1 rings (SSSR count). The minimum Gasteiger partial charge on any atom is -0.756 e. The average molecular weight is 888 g/mol. The number of hydrogen-bond donors (Lipinski definition) is 3. The molecule has 0 amide bonds. The highest BCUT2D eigenvalue weighted by molar-refractivity contribution is 7.45. The van der Waals surface area contributed by atoms with Crippen LogP contribution in [0.25, 0.3) is 0 Å². The quantitative estimate of drug-likeness (QED) is 0.0176. The molecular formula is C48H90NO11P. The van der Waals surface area contributed by atoms with E-state index in [4.69, 9.17) is 18.5 Å². The van der Waals surface area contributed by atoms with Crippen molar-refractivity contribution in [3.8, 4) is 0 Å². The van der Waals surface area contributed by atoms with Gasteiger partial charge < -0.3 is 43.2 Å². The lowest BCUT2D eigenvalue weighted by molar-refractivity contribution is -0.870. The van der Waals surface area contributed by atoms with E-state index in [-0.39, 0.29) is 44.3 Å². The van der Waals surface area contributed by atoms with Gasteiger partial charge in [0.2, 0.25) is 0 Å². The molecule has 0 aromatic carbocycles. The lowest BCUT2D eigenvalue weighted by Gasteiger charge is -2.28. The van der Waals surface area contributed by atoms with Gasteiger partial charge in [0, 0.05) is 18.8 Å². The molecule has 12 nitrogen and oxygen atoms in total. The van der Waals surface area contributed by atoms with Gasteiger partial charge in [0.25, 0.3) is 7.82 Å². The van der Waals surface area contributed by atoms with E-state index in [1.165, 1.54) is 96.3 Å². The van der Waals surface area contributed by atoms with E-state index in [1.807, 2.05) is 21.1 Å². The summed E-state index contributed by atoms with van der Waals surface area (Å²) in [6, 6.07) is 0. The molecule has 0 radical (unpaired) electrons. The summed E-state index contributed by atoms with van der Waals surface area (Å²) in [7, 11) is 0.977. The van der Waals surface area contributed by atoms with Crippen molar-refractivity contribution in [1.82, 2.24) is 0 Å². The normalized spacial score (nSPS) is 20.3. The molecule has 1 fully saturated rings. The summed E-state index contributed by atoms with van der Waals surface area (Å²) in [4.78, 5) is 37.9. The molecule has 0 saturated heterocycles. The second kappa shape index (κ2) is 35.7. The average Bonchev–Trinajstić information content (AvgIpc) is 3.47. The molecule has 358 valence electrons. The molecule has 1 saturated carbocycles. The van der Waals surface area contributed by atoms with Crippen molar-refractivity contribution in [3.05, 3.63) is 24.3 Å². The Morgan fingerprint density at radius 3 is 1.79 bits per heavy atom. The highest BCUT2D eigenvalue weighted by atomic mass is 31.2. The van der Waals surface area contributed by atoms with E-state index in [2.05, 4.69) is 13.8 Å². The van der Waals surface area contributed by atoms with Crippen molar-refractivity contribution in [2.24, 2.45) is 11.8 Å². The minimum absolute atomic E-state index is 0.0864. The largest absolute Gasteiger partial charge is 0.756 e. The van der Waals surface area contributed by atoms with Crippen LogP contribution in [0.5, 0.6) is 0 Å². The van der Waals surface area contributed by atoms with Crippen LogP contribution in [-0.2, 0) is 32.7 Å². The molecule has 7 atom stereocenters. The van der Waals surface area contributed by atoms with Crippen LogP contribution in [0.15, 0.2) is 24.3 Å². The lowest BCUT2D eigenvalue weighted by Crippen LogP contribution is -2.37. The van der Waals surface area contributed by atoms with Crippen LogP contribution in [0.3, 0.4) is 0 Å². The van der Waals surface area contributed by atoms with Crippen LogP contribution in [-0.4, -0.2) is 104 Å². The van der Waals surface area contributed by atoms with Gasteiger partial charge in [-0.3, -0.25) is 14.2 Å². The summed E-state index contributed by atoms with van der Waals surface area (Å²) < 4.78 is 33.9. The summed E-state index contributed by atoms with van der Waals surface area (Å²) in [5, 5.41) is 31.5. The van der Waals surface area contributed by atoms with Gasteiger partial charge >= 0.3 is 11.9 Å². The van der Waals surface area contributed by atoms with Crippen LogP contribution >= 0.6 is 7.82 Å². The molecule has 1 unspecified atom stereocenters. The van der Waals surface area contributed by atoms with Crippen molar-refractivity contribution in [1.29, 1.82) is 0 Å². The second-order valence-corrected chi connectivity index (χ2v) is 19.9. The van der Waals surface area contributed by atoms with E-state index in [1.54, 1.807) is 24.3 Å². The third-order valence-corrected chi connectivity index (χ3v) is 12.5. The number of phosphoric acid groups is 1. The predicted octanol–water partition coefficient (Wildman–Crippen LogP) is 9.66. The van der Waals surface area contributed by atoms with Crippen LogP contribution < -0.4 is 4.89 Å². The Hall–Kier alpha value is -1.63. The third kappa shape index (κ3) is 32.7. The van der Waals surface area contributed by atoms with Crippen LogP contribution in [0.2, 0.25) is 0 Å². The topological polar surface area (TPSA) is 172 Å². The maximum atomic E-state index is 12.8. The zero-order chi connectivity index (χ0) is 45.2. The number of aliphatic hydroxyl groups is 3. The van der Waals surface area contributed by atoms with E-state index in [9.17, 15) is 34.4 Å². The number of esters is 2. The number of aliphatic hydroxyl groups excluding tert-OH is 3. The summed E-state index contributed by atoms with van der Waals surface area (Å²) in [5.41, 5.74) is 0. The molecule has 3 N–H and O–H groups in total. The van der Waals surface area contributed by atoms with Crippen LogP contribution in [0.4, 0.5) is 0 Å². The molecule has 0 spiro atoms. The number of nitrogens with zero attached hydrogens (tertiary/aromatic N) is 1. The highest BCUT2D eigenvalue weighted by Crippen LogP contribution is 2.39. The summed E-state index contributed by atoms with van der Waals surface area (Å²) >= 11 is 0. The van der Waals surface area contributed by atoms with Gasteiger partial charge in [0.15, 0.2) is 6.10 Å². The fraction of sp³-hybridized carbons (Fsp3) is 0.875. The number of carbonyl (C=O) groups is 2. The summed E-state index contributed by atoms with van der Waals surface area (Å²) in [6.45, 7) is 3.77. The predicted molar refractivity (Wildman–Crippen MR) is 243 cm³/mol. The maximum Gasteiger partial charge on any atom is 0.310 e. The van der Waals surface area contributed by atoms with Gasteiger partial charge in [0.1, 0.15) is 19.8 Å². The number of ether oxygens (including phenoxy) is 2. The Morgan fingerprint density at radius 2 is 1.25 bits per heavy atom. The maximum absolute atomic E-state index is 12.8. The molecule has 0 bridgehead atoms. The molecule has 0 aromatic rings. The first-order valence-corrected chi connectivity index (χ1v) is 25.8. The molecule has 1 aliphatic rings. The van der Waals surface area contributed by atoms with E-state index >= 15 is 0 Å². The number of unbranched alkanes of at least 4 members (excludes halogenated alkanes) is 20. The standard InChI is InChI=1S/C48H90NO11P/c1-6-8-10-11-12-13-14-15-16-17-18-19-20-21-22-23-24-25-27-32-47(53)57-39-42(40-59-61(55,56)58-37-36-49(3,4)5)60-48(54)33-29-28-31-43-44(46(52)38-45(43)51)35-34-41(50)30-26-9-7-2/h28-29,34-35,41-46,50-52H,6-27,30-33,36-40H2,1-5H3/b29-28-,35-34+/t41-,42-,43+,44-,45+,46-/m1/s1. The van der Waals surface area contributed by atoms with Gasteiger partial charge in [0.05, 0.1) is 52.5 Å². The molecule has 1 aliphatic carbocycles. The van der Waals surface area contributed by atoms with Crippen molar-refractivity contribution in [3.63, 3.8) is 0 Å². The molecule has 13 heteroatoms. The Labute approximate surface area is 371 Å². The number of quaternary nitrogens is 1. The Balaban J connectivity index is 2.46. The van der Waals surface area contributed by atoms with Gasteiger partial charge in [-0.2, -0.15) is 0 Å². The number of phosphoric ester groups is 1. The molecule has 0 heterocycles. The smallest absolute Gasteiger partial charge is 0.310 e. The monoisotopic (exact) mass is 888 g/mol. The number of allylic oxidation sites excluding steroid dienone is 1. The van der Waals surface area contributed by atoms with Gasteiger partial charge in [-0.25, -0.2) is 0 Å². The molecule has 0 aliphatic heterocycles. The molecular weight excluding hydrogens is 797 g/mol. The molecule has 0 aromatic heterocycles. The van der Waals surface area contributed by atoms with Crippen LogP contribution in [0.1, 0.15) is 187 Å². The minimum atomic E-state index is -4.72. The Kier molecular flexibility index (Phi) is 33.6. The first kappa shape index (κ1) is 57.4. The van der Waals surface area contributed by atoms with Crippen molar-refractivity contribution < 1.29 is 57.4 Å². The Bertz CT molecular complexity index is 1210. The highest BCUT2D eigenvalue weighted by Gasteiger charge is 2.39. The fourth-order valence-electron chi connectivity index (χ4n) is 7.69. The number of hydrogen-bond acceptors (Lipinski definition) is 11. The number of carbonyl (C=O) groups excluding carboxylic acids is 2. The van der Waals surface area contributed by atoms with Gasteiger partial charge in [-0.15, -0.1) is 0 Å². The van der Waals surface area contributed by atoms with E-state index in [0.29, 0.717) is 30.3 Å². The zero-order valence-electron chi connectivity index (χ0n) is 39.2. The molecule has 61 heavy (non-hydrogen) atoms. The van der Waals surface area contributed by atoms with Crippen molar-refractivity contribution in [2.45, 2.75) is 212 Å². The second-order valence-electron chi connectivity index (χ2n) is 18.5. The fourth-order valence-corrected chi connectivity index (χ4v) is 8.42. The van der Waals surface area contributed by atoms with Crippen molar-refractivity contribution in [2.75, 3.05) is 47.5 Å². The first-order chi connectivity index (χ1) is 29.2. The van der Waals surface area contributed by atoms with E-state index in [0.717, 1.165) is 38.5 Å². The van der Waals surface area contributed by atoms with E-state index < -0.39 is 50.8 Å². The SMILES string of the molecule is CCCCCCCCCCCCCCCCCCCCCC(=O)OC[C@H](COP(=O)([O-])OCC[N+](C)(C)C)OC(=O)C/C=C\C[C@H]1[C@@H](/C=C/[C@H](O)CCCCC)[C@H](O)C[C@@H]1O. The van der Waals surface area contributed by atoms with Gasteiger partial charge in [-0.05, 0) is 25.2 Å². The van der Waals surface area contributed by atoms with Crippen LogP contribution in [0, 0.1) is 11.8 Å². The van der Waals surface area contributed by atoms with Gasteiger partial charge in [-0.1, -0.05) is 173 Å². The third-order valence-electron chi connectivity index (χ3n) is 11.6. The Morgan fingerprint density at radius 1 is 0.721 bits per heavy atom. The van der Waals surface area contributed by atoms with Crippen molar-refractivity contribution >= 4 is 19.8 Å². The lowest BCUT2D eigenvalue weighted by atomic mass is 9.89. The zero-order valence-corrected chi connectivity index (χ0v) is 40.1. The number of rotatable bonds is 40.